The average molecular weight is 429 g/mol. The standard InChI is InChI=1S/C20H15NO8S/c1-28-16-8-13-12(7-14(16)22)18-15(23)9-17(29-2)20(24)19(18)21(13)10-3-5-11(6-4-10)30(25,26)27/h3-9,22H,1-2H3,(H,25,26,27). The Labute approximate surface area is 170 Å². The second kappa shape index (κ2) is 6.71. The van der Waals surface area contributed by atoms with Gasteiger partial charge in [-0.05, 0) is 30.3 Å². The van der Waals surface area contributed by atoms with E-state index in [2.05, 4.69) is 0 Å². The Kier molecular flexibility index (Phi) is 4.40. The number of allylic oxidation sites excluding steroid dienone is 2. The summed E-state index contributed by atoms with van der Waals surface area (Å²) in [4.78, 5) is 25.5. The van der Waals surface area contributed by atoms with Crippen LogP contribution >= 0.6 is 0 Å². The van der Waals surface area contributed by atoms with Gasteiger partial charge in [0.15, 0.2) is 23.0 Å². The number of rotatable bonds is 4. The molecule has 0 fully saturated rings. The zero-order chi connectivity index (χ0) is 21.8. The molecule has 4 rings (SSSR count). The smallest absolute Gasteiger partial charge is 0.294 e. The van der Waals surface area contributed by atoms with Crippen molar-refractivity contribution in [1.82, 2.24) is 4.57 Å². The highest BCUT2D eigenvalue weighted by molar-refractivity contribution is 7.85. The third-order valence-corrected chi connectivity index (χ3v) is 5.70. The maximum atomic E-state index is 13.0. The molecule has 1 aliphatic carbocycles. The maximum absolute atomic E-state index is 13.0. The monoisotopic (exact) mass is 429 g/mol. The van der Waals surface area contributed by atoms with Gasteiger partial charge in [0, 0.05) is 23.2 Å². The highest BCUT2D eigenvalue weighted by Crippen LogP contribution is 2.40. The third kappa shape index (κ3) is 2.85. The summed E-state index contributed by atoms with van der Waals surface area (Å²) in [6.07, 6.45) is 1.08. The van der Waals surface area contributed by atoms with Gasteiger partial charge < -0.3 is 19.1 Å². The van der Waals surface area contributed by atoms with Crippen molar-refractivity contribution in [3.8, 4) is 17.2 Å². The van der Waals surface area contributed by atoms with Gasteiger partial charge in [0.1, 0.15) is 5.69 Å². The van der Waals surface area contributed by atoms with Gasteiger partial charge in [-0.3, -0.25) is 14.1 Å². The minimum Gasteiger partial charge on any atom is -0.504 e. The minimum absolute atomic E-state index is 0.00149. The number of Topliss-reactive ketones (excluding diaryl/α,β-unsaturated/α-hetero) is 1. The molecule has 0 atom stereocenters. The first-order chi connectivity index (χ1) is 14.2. The second-order valence-electron chi connectivity index (χ2n) is 6.48. The van der Waals surface area contributed by atoms with Crippen LogP contribution in [0.25, 0.3) is 16.6 Å². The first kappa shape index (κ1) is 19.7. The summed E-state index contributed by atoms with van der Waals surface area (Å²) in [6, 6.07) is 7.89. The Morgan fingerprint density at radius 1 is 1.00 bits per heavy atom. The molecule has 1 aliphatic rings. The molecule has 0 bridgehead atoms. The SMILES string of the molecule is COC1=CC(=O)c2c(n(-c3ccc(S(=O)(=O)O)cc3)c3cc(OC)c(O)cc23)C1=O. The van der Waals surface area contributed by atoms with Crippen LogP contribution in [0, 0.1) is 0 Å². The van der Waals surface area contributed by atoms with E-state index in [0.717, 1.165) is 6.08 Å². The van der Waals surface area contributed by atoms with Crippen LogP contribution in [0.15, 0.2) is 53.1 Å². The predicted molar refractivity (Wildman–Crippen MR) is 105 cm³/mol. The topological polar surface area (TPSA) is 132 Å². The van der Waals surface area contributed by atoms with Crippen LogP contribution in [0.2, 0.25) is 0 Å². The summed E-state index contributed by atoms with van der Waals surface area (Å²) in [5, 5.41) is 10.5. The van der Waals surface area contributed by atoms with Gasteiger partial charge in [0.25, 0.3) is 10.1 Å². The van der Waals surface area contributed by atoms with Crippen molar-refractivity contribution in [1.29, 1.82) is 0 Å². The van der Waals surface area contributed by atoms with Crippen LogP contribution in [0.3, 0.4) is 0 Å². The Morgan fingerprint density at radius 3 is 2.23 bits per heavy atom. The van der Waals surface area contributed by atoms with Crippen LogP contribution < -0.4 is 4.74 Å². The average Bonchev–Trinajstić information content (AvgIpc) is 3.04. The molecule has 0 amide bonds. The largest absolute Gasteiger partial charge is 0.504 e. The van der Waals surface area contributed by atoms with E-state index in [1.165, 1.54) is 55.2 Å². The molecule has 0 spiro atoms. The number of methoxy groups -OCH3 is 2. The number of phenolic OH excluding ortho intramolecular Hbond substituents is 1. The maximum Gasteiger partial charge on any atom is 0.294 e. The fourth-order valence-corrected chi connectivity index (χ4v) is 3.97. The second-order valence-corrected chi connectivity index (χ2v) is 7.90. The zero-order valence-corrected chi connectivity index (χ0v) is 16.6. The highest BCUT2D eigenvalue weighted by atomic mass is 32.2. The van der Waals surface area contributed by atoms with Gasteiger partial charge >= 0.3 is 0 Å². The molecule has 3 aromatic rings. The lowest BCUT2D eigenvalue weighted by atomic mass is 9.97. The third-order valence-electron chi connectivity index (χ3n) is 4.83. The molecular weight excluding hydrogens is 414 g/mol. The predicted octanol–water partition coefficient (Wildman–Crippen LogP) is 2.50. The molecule has 0 unspecified atom stereocenters. The summed E-state index contributed by atoms with van der Waals surface area (Å²) in [5.41, 5.74) is 0.802. The molecule has 0 aliphatic heterocycles. The highest BCUT2D eigenvalue weighted by Gasteiger charge is 2.34. The number of carbonyl (C=O) groups excluding carboxylic acids is 2. The van der Waals surface area contributed by atoms with Gasteiger partial charge in [-0.25, -0.2) is 0 Å². The van der Waals surface area contributed by atoms with E-state index in [-0.39, 0.29) is 33.4 Å². The molecule has 2 aromatic carbocycles. The number of carbonyl (C=O) groups is 2. The lowest BCUT2D eigenvalue weighted by Gasteiger charge is -2.15. The lowest BCUT2D eigenvalue weighted by Crippen LogP contribution is -2.20. The fraction of sp³-hybridized carbons (Fsp3) is 0.100. The Bertz CT molecular complexity index is 1360. The Hall–Kier alpha value is -3.63. The lowest BCUT2D eigenvalue weighted by molar-refractivity contribution is 0.0911. The van der Waals surface area contributed by atoms with E-state index < -0.39 is 21.7 Å². The first-order valence-electron chi connectivity index (χ1n) is 8.55. The number of benzene rings is 2. The van der Waals surface area contributed by atoms with Crippen molar-refractivity contribution < 1.29 is 37.1 Å². The molecule has 154 valence electrons. The molecule has 0 saturated carbocycles. The zero-order valence-electron chi connectivity index (χ0n) is 15.7. The molecular formula is C20H15NO8S. The number of hydrogen-bond donors (Lipinski definition) is 2. The molecule has 2 N–H and O–H groups in total. The van der Waals surface area contributed by atoms with Crippen LogP contribution in [0.5, 0.6) is 11.5 Å². The quantitative estimate of drug-likeness (QED) is 0.605. The molecule has 30 heavy (non-hydrogen) atoms. The van der Waals surface area contributed by atoms with E-state index in [0.29, 0.717) is 16.6 Å². The van der Waals surface area contributed by atoms with Crippen molar-refractivity contribution in [2.24, 2.45) is 0 Å². The summed E-state index contributed by atoms with van der Waals surface area (Å²) < 4.78 is 43.6. The van der Waals surface area contributed by atoms with Crippen molar-refractivity contribution in [3.05, 3.63) is 59.5 Å². The van der Waals surface area contributed by atoms with Crippen molar-refractivity contribution in [3.63, 3.8) is 0 Å². The van der Waals surface area contributed by atoms with E-state index in [4.69, 9.17) is 9.47 Å². The van der Waals surface area contributed by atoms with Gasteiger partial charge in [0.05, 0.1) is 30.2 Å². The number of hydrogen-bond acceptors (Lipinski definition) is 7. The fourth-order valence-electron chi connectivity index (χ4n) is 3.49. The number of fused-ring (bicyclic) bond motifs is 3. The summed E-state index contributed by atoms with van der Waals surface area (Å²) >= 11 is 0. The van der Waals surface area contributed by atoms with Crippen LogP contribution in [-0.4, -0.2) is 48.4 Å². The van der Waals surface area contributed by atoms with Gasteiger partial charge in [-0.1, -0.05) is 0 Å². The summed E-state index contributed by atoms with van der Waals surface area (Å²) in [7, 11) is -1.78. The van der Waals surface area contributed by atoms with E-state index in [9.17, 15) is 27.7 Å². The molecule has 10 heteroatoms. The minimum atomic E-state index is -4.41. The molecule has 1 aromatic heterocycles. The van der Waals surface area contributed by atoms with Gasteiger partial charge in [-0.2, -0.15) is 8.42 Å². The normalized spacial score (nSPS) is 13.9. The van der Waals surface area contributed by atoms with E-state index >= 15 is 0 Å². The van der Waals surface area contributed by atoms with Gasteiger partial charge in [-0.15, -0.1) is 0 Å². The number of aromatic hydroxyl groups is 1. The molecule has 1 heterocycles. The number of ether oxygens (including phenoxy) is 2. The van der Waals surface area contributed by atoms with Crippen LogP contribution in [0.4, 0.5) is 0 Å². The number of aromatic nitrogens is 1. The van der Waals surface area contributed by atoms with Gasteiger partial charge in [0.2, 0.25) is 5.78 Å². The molecule has 0 saturated heterocycles. The Morgan fingerprint density at radius 2 is 1.67 bits per heavy atom. The Balaban J connectivity index is 2.10. The van der Waals surface area contributed by atoms with Crippen LogP contribution in [0.1, 0.15) is 20.8 Å². The number of phenols is 1. The first-order valence-corrected chi connectivity index (χ1v) is 9.99. The number of nitrogens with zero attached hydrogens (tertiary/aromatic N) is 1. The molecule has 0 radical (unpaired) electrons. The summed E-state index contributed by atoms with van der Waals surface area (Å²) in [6.45, 7) is 0. The van der Waals surface area contributed by atoms with Crippen LogP contribution in [-0.2, 0) is 14.9 Å². The van der Waals surface area contributed by atoms with Crippen molar-refractivity contribution >= 4 is 32.6 Å². The number of ketones is 2. The van der Waals surface area contributed by atoms with E-state index in [1.54, 1.807) is 0 Å². The van der Waals surface area contributed by atoms with E-state index in [1.807, 2.05) is 0 Å². The summed E-state index contributed by atoms with van der Waals surface area (Å²) in [5.74, 6) is -1.28. The molecule has 9 nitrogen and oxygen atoms in total. The van der Waals surface area contributed by atoms with Crippen molar-refractivity contribution in [2.45, 2.75) is 4.90 Å². The van der Waals surface area contributed by atoms with Crippen molar-refractivity contribution in [2.75, 3.05) is 14.2 Å².